The van der Waals surface area contributed by atoms with Crippen LogP contribution in [0.3, 0.4) is 0 Å². The number of ether oxygens (including phenoxy) is 4. The highest BCUT2D eigenvalue weighted by molar-refractivity contribution is 5.69. The molecular formula is C52H86O9. The Morgan fingerprint density at radius 3 is 1.52 bits per heavy atom. The molecule has 1 aliphatic rings. The highest BCUT2D eigenvalue weighted by Crippen LogP contribution is 2.22. The molecule has 0 bridgehead atoms. The van der Waals surface area contributed by atoms with Crippen LogP contribution in [0, 0.1) is 0 Å². The lowest BCUT2D eigenvalue weighted by molar-refractivity contribution is -0.305. The van der Waals surface area contributed by atoms with Gasteiger partial charge in [0.1, 0.15) is 30.5 Å². The Kier molecular flexibility index (Phi) is 39.0. The molecule has 0 aromatic carbocycles. The topological polar surface area (TPSA) is 135 Å². The van der Waals surface area contributed by atoms with Crippen molar-refractivity contribution in [1.29, 1.82) is 0 Å². The maximum atomic E-state index is 12.8. The number of aliphatic hydroxyl groups is 4. The van der Waals surface area contributed by atoms with E-state index in [4.69, 9.17) is 18.9 Å². The molecule has 0 aromatic rings. The van der Waals surface area contributed by atoms with Crippen molar-refractivity contribution in [1.82, 2.24) is 0 Å². The van der Waals surface area contributed by atoms with Crippen LogP contribution in [0.25, 0.3) is 0 Å². The van der Waals surface area contributed by atoms with Crippen LogP contribution in [-0.2, 0) is 23.7 Å². The molecule has 348 valence electrons. The van der Waals surface area contributed by atoms with Crippen molar-refractivity contribution in [2.24, 2.45) is 0 Å². The minimum atomic E-state index is -1.55. The van der Waals surface area contributed by atoms with Gasteiger partial charge < -0.3 is 39.4 Å². The first kappa shape index (κ1) is 56.1. The molecule has 61 heavy (non-hydrogen) atoms. The molecule has 6 unspecified atom stereocenters. The summed E-state index contributed by atoms with van der Waals surface area (Å²) in [6.07, 6.45) is 51.5. The van der Waals surface area contributed by atoms with Crippen LogP contribution in [0.4, 0.5) is 0 Å². The third kappa shape index (κ3) is 33.4. The van der Waals surface area contributed by atoms with Crippen LogP contribution in [0.1, 0.15) is 162 Å². The molecule has 0 aliphatic carbocycles. The molecule has 1 aliphatic heterocycles. The van der Waals surface area contributed by atoms with Crippen molar-refractivity contribution in [2.75, 3.05) is 26.4 Å². The standard InChI is InChI=1S/C52H86O9/c1-3-5-7-9-11-13-15-17-18-19-20-21-22-23-24-25-26-27-28-29-30-32-34-36-38-40-42-58-44-46(45-59-52-51(57)50(56)49(55)47(43-53)61-52)60-48(54)41-39-37-35-33-31-16-14-12-10-8-6-4-2/h5,7,11-14,17-18,20-21,23-24,26-27,29-30,46-47,49-53,55-57H,3-4,6,8-10,15-16,19,22,25,28,31-45H2,1-2H3/b7-5-,13-11-,14-12-,18-17-,21-20-,24-23-,27-26-,30-29-. The van der Waals surface area contributed by atoms with Gasteiger partial charge in [0.2, 0.25) is 0 Å². The van der Waals surface area contributed by atoms with Crippen molar-refractivity contribution in [3.05, 3.63) is 97.2 Å². The van der Waals surface area contributed by atoms with Gasteiger partial charge >= 0.3 is 5.97 Å². The molecule has 1 fully saturated rings. The summed E-state index contributed by atoms with van der Waals surface area (Å²) in [5.41, 5.74) is 0. The molecule has 9 nitrogen and oxygen atoms in total. The Morgan fingerprint density at radius 1 is 0.541 bits per heavy atom. The Hall–Kier alpha value is -2.89. The van der Waals surface area contributed by atoms with E-state index in [0.29, 0.717) is 13.0 Å². The number of aliphatic hydroxyl groups excluding tert-OH is 4. The smallest absolute Gasteiger partial charge is 0.306 e. The number of hydrogen-bond donors (Lipinski definition) is 4. The summed E-state index contributed by atoms with van der Waals surface area (Å²) >= 11 is 0. The van der Waals surface area contributed by atoms with E-state index in [0.717, 1.165) is 116 Å². The van der Waals surface area contributed by atoms with Crippen LogP contribution in [0.5, 0.6) is 0 Å². The van der Waals surface area contributed by atoms with Gasteiger partial charge in [0.25, 0.3) is 0 Å². The zero-order valence-electron chi connectivity index (χ0n) is 38.1. The molecule has 0 spiro atoms. The summed E-state index contributed by atoms with van der Waals surface area (Å²) in [7, 11) is 0. The van der Waals surface area contributed by atoms with E-state index in [9.17, 15) is 25.2 Å². The van der Waals surface area contributed by atoms with E-state index in [1.807, 2.05) is 0 Å². The molecule has 0 radical (unpaired) electrons. The molecule has 1 rings (SSSR count). The normalized spacial score (nSPS) is 20.8. The van der Waals surface area contributed by atoms with Crippen molar-refractivity contribution in [3.63, 3.8) is 0 Å². The van der Waals surface area contributed by atoms with Gasteiger partial charge in [-0.3, -0.25) is 4.79 Å². The molecule has 1 heterocycles. The van der Waals surface area contributed by atoms with Gasteiger partial charge in [-0.25, -0.2) is 0 Å². The van der Waals surface area contributed by atoms with Crippen LogP contribution in [0.15, 0.2) is 97.2 Å². The number of carbonyl (C=O) groups excluding carboxylic acids is 1. The lowest BCUT2D eigenvalue weighted by Gasteiger charge is -2.39. The zero-order chi connectivity index (χ0) is 44.3. The van der Waals surface area contributed by atoms with Gasteiger partial charge in [0.15, 0.2) is 6.29 Å². The van der Waals surface area contributed by atoms with Gasteiger partial charge in [-0.1, -0.05) is 156 Å². The maximum absolute atomic E-state index is 12.8. The average Bonchev–Trinajstić information content (AvgIpc) is 3.26. The number of rotatable bonds is 39. The Labute approximate surface area is 371 Å². The second kappa shape index (κ2) is 42.4. The Balaban J connectivity index is 2.25. The van der Waals surface area contributed by atoms with Crippen molar-refractivity contribution in [3.8, 4) is 0 Å². The molecular weight excluding hydrogens is 769 g/mol. The van der Waals surface area contributed by atoms with Gasteiger partial charge in [-0.15, -0.1) is 0 Å². The van der Waals surface area contributed by atoms with E-state index in [2.05, 4.69) is 111 Å². The first-order chi connectivity index (χ1) is 29.9. The highest BCUT2D eigenvalue weighted by atomic mass is 16.7. The molecule has 0 aromatic heterocycles. The molecule has 6 atom stereocenters. The van der Waals surface area contributed by atoms with Crippen LogP contribution < -0.4 is 0 Å². The first-order valence-electron chi connectivity index (χ1n) is 23.8. The van der Waals surface area contributed by atoms with Crippen molar-refractivity contribution in [2.45, 2.75) is 198 Å². The van der Waals surface area contributed by atoms with Crippen molar-refractivity contribution >= 4 is 5.97 Å². The monoisotopic (exact) mass is 855 g/mol. The molecule has 4 N–H and O–H groups in total. The SMILES string of the molecule is CC/C=C\C/C=C\C/C=C\C/C=C\C/C=C\C/C=C\C/C=C\CCCCCCOCC(COC1OC(CO)C(O)C(O)C1O)OC(=O)CCCCCCC/C=C\CCCCC. The predicted molar refractivity (Wildman–Crippen MR) is 251 cm³/mol. The number of esters is 1. The minimum Gasteiger partial charge on any atom is -0.457 e. The second-order valence-corrected chi connectivity index (χ2v) is 15.8. The van der Waals surface area contributed by atoms with Gasteiger partial charge in [0.05, 0.1) is 19.8 Å². The number of carbonyl (C=O) groups is 1. The Morgan fingerprint density at radius 2 is 1.00 bits per heavy atom. The van der Waals surface area contributed by atoms with Crippen molar-refractivity contribution < 1.29 is 44.2 Å². The number of allylic oxidation sites excluding steroid dienone is 16. The molecule has 1 saturated heterocycles. The lowest BCUT2D eigenvalue weighted by Crippen LogP contribution is -2.59. The summed E-state index contributed by atoms with van der Waals surface area (Å²) in [6, 6.07) is 0. The van der Waals surface area contributed by atoms with Gasteiger partial charge in [0, 0.05) is 13.0 Å². The third-order valence-electron chi connectivity index (χ3n) is 10.2. The fraction of sp³-hybridized carbons (Fsp3) is 0.673. The lowest BCUT2D eigenvalue weighted by atomic mass is 9.99. The number of unbranched alkanes of at least 4 members (excludes halogenated alkanes) is 12. The van der Waals surface area contributed by atoms with E-state index >= 15 is 0 Å². The maximum Gasteiger partial charge on any atom is 0.306 e. The van der Waals surface area contributed by atoms with E-state index in [-0.39, 0.29) is 19.2 Å². The second-order valence-electron chi connectivity index (χ2n) is 15.8. The van der Waals surface area contributed by atoms with E-state index in [1.165, 1.54) is 25.7 Å². The largest absolute Gasteiger partial charge is 0.457 e. The number of hydrogen-bond acceptors (Lipinski definition) is 9. The molecule has 9 heteroatoms. The van der Waals surface area contributed by atoms with Gasteiger partial charge in [-0.05, 0) is 96.3 Å². The zero-order valence-corrected chi connectivity index (χ0v) is 38.1. The summed E-state index contributed by atoms with van der Waals surface area (Å²) in [5.74, 6) is -0.338. The Bertz CT molecular complexity index is 1250. The van der Waals surface area contributed by atoms with Gasteiger partial charge in [-0.2, -0.15) is 0 Å². The summed E-state index contributed by atoms with van der Waals surface area (Å²) in [5, 5.41) is 40.1. The van der Waals surface area contributed by atoms with Crippen LogP contribution in [0.2, 0.25) is 0 Å². The average molecular weight is 855 g/mol. The highest BCUT2D eigenvalue weighted by Gasteiger charge is 2.44. The first-order valence-corrected chi connectivity index (χ1v) is 23.8. The van der Waals surface area contributed by atoms with Crippen LogP contribution in [-0.4, -0.2) is 89.6 Å². The quantitative estimate of drug-likeness (QED) is 0.0271. The summed E-state index contributed by atoms with van der Waals surface area (Å²) in [6.45, 7) is 4.32. The molecule has 0 amide bonds. The fourth-order valence-corrected chi connectivity index (χ4v) is 6.52. The minimum absolute atomic E-state index is 0.118. The van der Waals surface area contributed by atoms with E-state index in [1.54, 1.807) is 0 Å². The molecule has 0 saturated carbocycles. The van der Waals surface area contributed by atoms with E-state index < -0.39 is 43.4 Å². The fourth-order valence-electron chi connectivity index (χ4n) is 6.52. The summed E-state index contributed by atoms with van der Waals surface area (Å²) in [4.78, 5) is 12.8. The van der Waals surface area contributed by atoms with Crippen LogP contribution >= 0.6 is 0 Å². The predicted octanol–water partition coefficient (Wildman–Crippen LogP) is 11.2. The summed E-state index contributed by atoms with van der Waals surface area (Å²) < 4.78 is 22.8. The third-order valence-corrected chi connectivity index (χ3v) is 10.2.